The van der Waals surface area contributed by atoms with Gasteiger partial charge in [0.25, 0.3) is 0 Å². The molecule has 2 aromatic rings. The van der Waals surface area contributed by atoms with Crippen LogP contribution in [0.25, 0.3) is 0 Å². The number of benzene rings is 2. The summed E-state index contributed by atoms with van der Waals surface area (Å²) in [4.78, 5) is 14.9. The van der Waals surface area contributed by atoms with Crippen molar-refractivity contribution in [1.82, 2.24) is 10.2 Å². The van der Waals surface area contributed by atoms with Crippen molar-refractivity contribution in [3.8, 4) is 5.75 Å². The molecule has 6 heteroatoms. The fourth-order valence-electron chi connectivity index (χ4n) is 4.08. The van der Waals surface area contributed by atoms with E-state index in [2.05, 4.69) is 10.2 Å². The molecule has 1 saturated heterocycles. The van der Waals surface area contributed by atoms with E-state index in [1.165, 1.54) is 12.1 Å². The van der Waals surface area contributed by atoms with Gasteiger partial charge in [0.1, 0.15) is 11.6 Å². The molecule has 0 bridgehead atoms. The van der Waals surface area contributed by atoms with Crippen LogP contribution in [-0.4, -0.2) is 31.0 Å². The predicted octanol–water partition coefficient (Wildman–Crippen LogP) is 3.41. The number of hydrogen-bond acceptors (Lipinski definition) is 3. The lowest BCUT2D eigenvalue weighted by Gasteiger charge is -2.33. The largest absolute Gasteiger partial charge is 0.493 e. The summed E-state index contributed by atoms with van der Waals surface area (Å²) >= 11 is 6.16. The standard InChI is InChI=1S/C20H20ClFN2O2/c1-24-10-15(20(25)23-9-12-4-2-3-5-17(12)21)16-11-26-18-7-6-13(22)8-14(18)19(16)24/h2-8,15-16,19H,9-11H2,1H3,(H,23,25)/t15-,16+,19+/m1/s1. The van der Waals surface area contributed by atoms with E-state index >= 15 is 0 Å². The smallest absolute Gasteiger partial charge is 0.225 e. The van der Waals surface area contributed by atoms with E-state index < -0.39 is 0 Å². The Balaban J connectivity index is 1.51. The van der Waals surface area contributed by atoms with Crippen molar-refractivity contribution < 1.29 is 13.9 Å². The van der Waals surface area contributed by atoms with Crippen molar-refractivity contribution in [1.29, 1.82) is 0 Å². The van der Waals surface area contributed by atoms with Gasteiger partial charge in [0.15, 0.2) is 0 Å². The molecule has 3 atom stereocenters. The summed E-state index contributed by atoms with van der Waals surface area (Å²) in [5, 5.41) is 3.63. The van der Waals surface area contributed by atoms with Crippen LogP contribution in [0.2, 0.25) is 5.02 Å². The van der Waals surface area contributed by atoms with Crippen molar-refractivity contribution in [2.24, 2.45) is 11.8 Å². The number of carbonyl (C=O) groups excluding carboxylic acids is 1. The Bertz CT molecular complexity index is 844. The van der Waals surface area contributed by atoms with E-state index in [1.54, 1.807) is 6.07 Å². The van der Waals surface area contributed by atoms with Gasteiger partial charge >= 0.3 is 0 Å². The Hall–Kier alpha value is -2.11. The molecule has 1 fully saturated rings. The van der Waals surface area contributed by atoms with Gasteiger partial charge in [-0.3, -0.25) is 9.69 Å². The molecule has 2 aliphatic heterocycles. The van der Waals surface area contributed by atoms with E-state index in [0.29, 0.717) is 30.5 Å². The van der Waals surface area contributed by atoms with E-state index in [4.69, 9.17) is 16.3 Å². The van der Waals surface area contributed by atoms with Crippen LogP contribution in [0.4, 0.5) is 4.39 Å². The molecular formula is C20H20ClFN2O2. The topological polar surface area (TPSA) is 41.6 Å². The third kappa shape index (κ3) is 3.06. The number of likely N-dealkylation sites (tertiary alicyclic amines) is 1. The summed E-state index contributed by atoms with van der Waals surface area (Å²) in [5.41, 5.74) is 1.71. The fourth-order valence-corrected chi connectivity index (χ4v) is 4.28. The maximum atomic E-state index is 13.7. The molecule has 0 radical (unpaired) electrons. The summed E-state index contributed by atoms with van der Waals surface area (Å²) < 4.78 is 19.5. The first-order chi connectivity index (χ1) is 12.5. The lowest BCUT2D eigenvalue weighted by molar-refractivity contribution is -0.126. The molecule has 1 N–H and O–H groups in total. The van der Waals surface area contributed by atoms with Gasteiger partial charge in [-0.05, 0) is 36.9 Å². The second-order valence-electron chi connectivity index (χ2n) is 6.96. The van der Waals surface area contributed by atoms with Crippen molar-refractivity contribution in [3.05, 3.63) is 64.4 Å². The molecule has 4 nitrogen and oxygen atoms in total. The minimum atomic E-state index is -0.284. The zero-order valence-electron chi connectivity index (χ0n) is 14.4. The minimum Gasteiger partial charge on any atom is -0.493 e. The predicted molar refractivity (Wildman–Crippen MR) is 97.5 cm³/mol. The Kier molecular flexibility index (Phi) is 4.59. The summed E-state index contributed by atoms with van der Waals surface area (Å²) in [5.74, 6) is 0.196. The molecular weight excluding hydrogens is 355 g/mol. The highest BCUT2D eigenvalue weighted by Gasteiger charge is 2.47. The number of amides is 1. The molecule has 136 valence electrons. The first kappa shape index (κ1) is 17.3. The van der Waals surface area contributed by atoms with Gasteiger partial charge in [-0.2, -0.15) is 0 Å². The first-order valence-electron chi connectivity index (χ1n) is 8.68. The van der Waals surface area contributed by atoms with Gasteiger partial charge in [-0.25, -0.2) is 4.39 Å². The Morgan fingerprint density at radius 3 is 2.96 bits per heavy atom. The second-order valence-corrected chi connectivity index (χ2v) is 7.36. The van der Waals surface area contributed by atoms with E-state index in [1.807, 2.05) is 31.3 Å². The van der Waals surface area contributed by atoms with Crippen molar-refractivity contribution >= 4 is 17.5 Å². The zero-order chi connectivity index (χ0) is 18.3. The highest BCUT2D eigenvalue weighted by molar-refractivity contribution is 6.31. The van der Waals surface area contributed by atoms with Gasteiger partial charge in [-0.15, -0.1) is 0 Å². The minimum absolute atomic E-state index is 0.000505. The van der Waals surface area contributed by atoms with Crippen LogP contribution in [0.3, 0.4) is 0 Å². The lowest BCUT2D eigenvalue weighted by atomic mass is 9.85. The SMILES string of the molecule is CN1C[C@@H](C(=O)NCc2ccccc2Cl)[C@@H]2COc3ccc(F)cc3[C@@H]21. The highest BCUT2D eigenvalue weighted by Crippen LogP contribution is 2.46. The molecule has 0 aromatic heterocycles. The van der Waals surface area contributed by atoms with Crippen LogP contribution in [-0.2, 0) is 11.3 Å². The number of hydrogen-bond donors (Lipinski definition) is 1. The fraction of sp³-hybridized carbons (Fsp3) is 0.350. The number of nitrogens with zero attached hydrogens (tertiary/aromatic N) is 1. The van der Waals surface area contributed by atoms with Crippen LogP contribution < -0.4 is 10.1 Å². The number of ether oxygens (including phenoxy) is 1. The van der Waals surface area contributed by atoms with Gasteiger partial charge in [0, 0.05) is 35.6 Å². The number of halogens is 2. The number of carbonyl (C=O) groups is 1. The molecule has 0 saturated carbocycles. The van der Waals surface area contributed by atoms with Crippen molar-refractivity contribution in [3.63, 3.8) is 0 Å². The lowest BCUT2D eigenvalue weighted by Crippen LogP contribution is -2.38. The van der Waals surface area contributed by atoms with Gasteiger partial charge in [0.05, 0.1) is 12.5 Å². The van der Waals surface area contributed by atoms with Crippen LogP contribution >= 0.6 is 11.6 Å². The third-order valence-corrected chi connectivity index (χ3v) is 5.72. The number of nitrogens with one attached hydrogen (secondary N) is 1. The monoisotopic (exact) mass is 374 g/mol. The zero-order valence-corrected chi connectivity index (χ0v) is 15.2. The Morgan fingerprint density at radius 1 is 1.35 bits per heavy atom. The van der Waals surface area contributed by atoms with Crippen molar-refractivity contribution in [2.75, 3.05) is 20.2 Å². The Morgan fingerprint density at radius 2 is 2.15 bits per heavy atom. The van der Waals surface area contributed by atoms with E-state index in [0.717, 1.165) is 11.1 Å². The normalized spacial score (nSPS) is 24.5. The molecule has 2 aliphatic rings. The van der Waals surface area contributed by atoms with Gasteiger partial charge in [-0.1, -0.05) is 29.8 Å². The van der Waals surface area contributed by atoms with E-state index in [-0.39, 0.29) is 29.6 Å². The molecule has 4 rings (SSSR count). The second kappa shape index (κ2) is 6.89. The maximum Gasteiger partial charge on any atom is 0.225 e. The number of rotatable bonds is 3. The third-order valence-electron chi connectivity index (χ3n) is 5.35. The average molecular weight is 375 g/mol. The highest BCUT2D eigenvalue weighted by atomic mass is 35.5. The van der Waals surface area contributed by atoms with Gasteiger partial charge < -0.3 is 10.1 Å². The summed E-state index contributed by atoms with van der Waals surface area (Å²) in [6.07, 6.45) is 0. The van der Waals surface area contributed by atoms with Gasteiger partial charge in [0.2, 0.25) is 5.91 Å². The quantitative estimate of drug-likeness (QED) is 0.895. The van der Waals surface area contributed by atoms with Crippen LogP contribution in [0, 0.1) is 17.7 Å². The molecule has 0 spiro atoms. The summed E-state index contributed by atoms with van der Waals surface area (Å²) in [6.45, 7) is 1.46. The average Bonchev–Trinajstić information content (AvgIpc) is 2.98. The van der Waals surface area contributed by atoms with Crippen LogP contribution in [0.5, 0.6) is 5.75 Å². The Labute approximate surface area is 156 Å². The maximum absolute atomic E-state index is 13.7. The van der Waals surface area contributed by atoms with Crippen LogP contribution in [0.1, 0.15) is 17.2 Å². The molecule has 2 aromatic carbocycles. The molecule has 2 heterocycles. The summed E-state index contributed by atoms with van der Waals surface area (Å²) in [7, 11) is 1.97. The molecule has 0 aliphatic carbocycles. The van der Waals surface area contributed by atoms with E-state index in [9.17, 15) is 9.18 Å². The summed E-state index contributed by atoms with van der Waals surface area (Å²) in [6, 6.07) is 12.0. The van der Waals surface area contributed by atoms with Crippen LogP contribution in [0.15, 0.2) is 42.5 Å². The number of fused-ring (bicyclic) bond motifs is 3. The molecule has 0 unspecified atom stereocenters. The molecule has 1 amide bonds. The van der Waals surface area contributed by atoms with Crippen molar-refractivity contribution in [2.45, 2.75) is 12.6 Å². The molecule has 26 heavy (non-hydrogen) atoms. The first-order valence-corrected chi connectivity index (χ1v) is 9.06.